The van der Waals surface area contributed by atoms with Gasteiger partial charge in [0.25, 0.3) is 0 Å². The molecule has 0 bridgehead atoms. The zero-order valence-electron chi connectivity index (χ0n) is 12.7. The first-order valence-corrected chi connectivity index (χ1v) is 8.07. The van der Waals surface area contributed by atoms with Gasteiger partial charge in [-0.1, -0.05) is 32.3 Å². The van der Waals surface area contributed by atoms with Crippen LogP contribution in [0, 0.1) is 23.5 Å². The molecule has 0 heterocycles. The molecule has 0 radical (unpaired) electrons. The minimum absolute atomic E-state index is 0.00654. The van der Waals surface area contributed by atoms with Gasteiger partial charge in [0.15, 0.2) is 0 Å². The van der Waals surface area contributed by atoms with Gasteiger partial charge in [0.2, 0.25) is 0 Å². The van der Waals surface area contributed by atoms with Crippen LogP contribution in [0.4, 0.5) is 8.78 Å². The van der Waals surface area contributed by atoms with Crippen molar-refractivity contribution in [3.8, 4) is 0 Å². The first kappa shape index (κ1) is 16.1. The van der Waals surface area contributed by atoms with Gasteiger partial charge < -0.3 is 0 Å². The summed E-state index contributed by atoms with van der Waals surface area (Å²) in [5.74, 6) is -0.506. The van der Waals surface area contributed by atoms with E-state index in [4.69, 9.17) is 0 Å². The van der Waals surface area contributed by atoms with Crippen molar-refractivity contribution in [2.24, 2.45) is 11.8 Å². The monoisotopic (exact) mass is 294 g/mol. The van der Waals surface area contributed by atoms with E-state index >= 15 is 0 Å². The molecule has 0 spiro atoms. The summed E-state index contributed by atoms with van der Waals surface area (Å²) in [5.41, 5.74) is -0.0735. The molecule has 0 amide bonds. The molecule has 0 unspecified atom stereocenters. The highest BCUT2D eigenvalue weighted by Gasteiger charge is 2.27. The largest absolute Gasteiger partial charge is 0.299 e. The van der Waals surface area contributed by atoms with Crippen LogP contribution < -0.4 is 0 Å². The van der Waals surface area contributed by atoms with Crippen LogP contribution >= 0.6 is 0 Å². The fourth-order valence-corrected chi connectivity index (χ4v) is 3.29. The van der Waals surface area contributed by atoms with Crippen LogP contribution in [-0.2, 0) is 11.2 Å². The Morgan fingerprint density at radius 3 is 2.33 bits per heavy atom. The normalized spacial score (nSPS) is 22.2. The van der Waals surface area contributed by atoms with Gasteiger partial charge >= 0.3 is 0 Å². The van der Waals surface area contributed by atoms with Gasteiger partial charge in [-0.25, -0.2) is 8.78 Å². The second-order valence-electron chi connectivity index (χ2n) is 6.20. The maximum atomic E-state index is 13.6. The molecule has 1 aliphatic rings. The third-order valence-electron chi connectivity index (χ3n) is 4.68. The number of hydrogen-bond acceptors (Lipinski definition) is 1. The average molecular weight is 294 g/mol. The summed E-state index contributed by atoms with van der Waals surface area (Å²) in [7, 11) is 0. The Hall–Kier alpha value is -1.25. The predicted octanol–water partition coefficient (Wildman–Crippen LogP) is 5.07. The average Bonchev–Trinajstić information content (AvgIpc) is 2.49. The zero-order chi connectivity index (χ0) is 15.2. The van der Waals surface area contributed by atoms with Crippen molar-refractivity contribution < 1.29 is 13.6 Å². The van der Waals surface area contributed by atoms with Crippen LogP contribution in [0.1, 0.15) is 57.4 Å². The highest BCUT2D eigenvalue weighted by atomic mass is 19.1. The number of carbonyl (C=O) groups is 1. The molecule has 116 valence electrons. The molecular weight excluding hydrogens is 270 g/mol. The number of halogens is 2. The van der Waals surface area contributed by atoms with Crippen molar-refractivity contribution in [1.29, 1.82) is 0 Å². The number of hydrogen-bond donors (Lipinski definition) is 0. The summed E-state index contributed by atoms with van der Waals surface area (Å²) in [6, 6.07) is 3.76. The molecule has 0 aliphatic heterocycles. The Morgan fingerprint density at radius 1 is 1.14 bits per heavy atom. The SMILES string of the molecule is CCCCC1CCC(C(=O)Cc2c(F)cccc2F)CC1. The minimum atomic E-state index is -0.611. The van der Waals surface area contributed by atoms with Gasteiger partial charge in [-0.15, -0.1) is 0 Å². The quantitative estimate of drug-likeness (QED) is 0.715. The van der Waals surface area contributed by atoms with Gasteiger partial charge in [-0.05, 0) is 43.7 Å². The van der Waals surface area contributed by atoms with Crippen molar-refractivity contribution in [1.82, 2.24) is 0 Å². The molecule has 1 aliphatic carbocycles. The van der Waals surface area contributed by atoms with E-state index in [0.29, 0.717) is 0 Å². The number of benzene rings is 1. The molecule has 3 heteroatoms. The fraction of sp³-hybridized carbons (Fsp3) is 0.611. The topological polar surface area (TPSA) is 17.1 Å². The minimum Gasteiger partial charge on any atom is -0.299 e. The van der Waals surface area contributed by atoms with Crippen molar-refractivity contribution in [3.63, 3.8) is 0 Å². The van der Waals surface area contributed by atoms with Crippen LogP contribution in [0.25, 0.3) is 0 Å². The Balaban J connectivity index is 1.88. The van der Waals surface area contributed by atoms with E-state index in [1.54, 1.807) is 0 Å². The number of unbranched alkanes of at least 4 members (excludes halogenated alkanes) is 1. The Bertz CT molecular complexity index is 456. The number of carbonyl (C=O) groups excluding carboxylic acids is 1. The van der Waals surface area contributed by atoms with Crippen LogP contribution in [0.3, 0.4) is 0 Å². The number of ketones is 1. The standard InChI is InChI=1S/C18H24F2O/c1-2-3-5-13-8-10-14(11-9-13)18(21)12-15-16(19)6-4-7-17(15)20/h4,6-7,13-14H,2-3,5,8-12H2,1H3. The van der Waals surface area contributed by atoms with Crippen LogP contribution in [0.5, 0.6) is 0 Å². The van der Waals surface area contributed by atoms with Crippen molar-refractivity contribution in [2.45, 2.75) is 58.3 Å². The highest BCUT2D eigenvalue weighted by molar-refractivity contribution is 5.83. The van der Waals surface area contributed by atoms with E-state index in [0.717, 1.165) is 31.6 Å². The lowest BCUT2D eigenvalue weighted by atomic mass is 9.77. The van der Waals surface area contributed by atoms with E-state index in [1.165, 1.54) is 37.5 Å². The molecular formula is C18H24F2O. The zero-order valence-corrected chi connectivity index (χ0v) is 12.7. The molecule has 21 heavy (non-hydrogen) atoms. The molecule has 1 nitrogen and oxygen atoms in total. The van der Waals surface area contributed by atoms with Crippen LogP contribution in [0.2, 0.25) is 0 Å². The summed E-state index contributed by atoms with van der Waals surface area (Å²) >= 11 is 0. The van der Waals surface area contributed by atoms with Gasteiger partial charge in [0, 0.05) is 17.9 Å². The second kappa shape index (κ2) is 7.67. The van der Waals surface area contributed by atoms with Gasteiger partial charge in [-0.2, -0.15) is 0 Å². The molecule has 2 rings (SSSR count). The lowest BCUT2D eigenvalue weighted by Crippen LogP contribution is -2.24. The molecule has 0 saturated heterocycles. The second-order valence-corrected chi connectivity index (χ2v) is 6.20. The molecule has 1 fully saturated rings. The van der Waals surface area contributed by atoms with Gasteiger partial charge in [-0.3, -0.25) is 4.79 Å². The predicted molar refractivity (Wildman–Crippen MR) is 80.0 cm³/mol. The van der Waals surface area contributed by atoms with E-state index in [-0.39, 0.29) is 23.7 Å². The lowest BCUT2D eigenvalue weighted by molar-refractivity contribution is -0.123. The fourth-order valence-electron chi connectivity index (χ4n) is 3.29. The third kappa shape index (κ3) is 4.36. The lowest BCUT2D eigenvalue weighted by Gasteiger charge is -2.27. The molecule has 0 aromatic heterocycles. The van der Waals surface area contributed by atoms with E-state index < -0.39 is 11.6 Å². The van der Waals surface area contributed by atoms with E-state index in [2.05, 4.69) is 6.92 Å². The van der Waals surface area contributed by atoms with Crippen LogP contribution in [-0.4, -0.2) is 5.78 Å². The molecule has 0 N–H and O–H groups in total. The van der Waals surface area contributed by atoms with Gasteiger partial charge in [0.1, 0.15) is 17.4 Å². The number of Topliss-reactive ketones (excluding diaryl/α,β-unsaturated/α-hetero) is 1. The maximum absolute atomic E-state index is 13.6. The first-order valence-electron chi connectivity index (χ1n) is 8.07. The molecule has 0 atom stereocenters. The van der Waals surface area contributed by atoms with E-state index in [9.17, 15) is 13.6 Å². The van der Waals surface area contributed by atoms with Crippen molar-refractivity contribution in [2.75, 3.05) is 0 Å². The Kier molecular flexibility index (Phi) is 5.89. The summed E-state index contributed by atoms with van der Waals surface area (Å²) < 4.78 is 27.2. The summed E-state index contributed by atoms with van der Waals surface area (Å²) in [4.78, 5) is 12.3. The molecule has 1 aromatic carbocycles. The summed E-state index contributed by atoms with van der Waals surface area (Å²) in [6.07, 6.45) is 7.52. The summed E-state index contributed by atoms with van der Waals surface area (Å²) in [6.45, 7) is 2.19. The third-order valence-corrected chi connectivity index (χ3v) is 4.68. The Morgan fingerprint density at radius 2 is 1.76 bits per heavy atom. The van der Waals surface area contributed by atoms with Crippen molar-refractivity contribution in [3.05, 3.63) is 35.4 Å². The van der Waals surface area contributed by atoms with Gasteiger partial charge in [0.05, 0.1) is 0 Å². The number of rotatable bonds is 6. The van der Waals surface area contributed by atoms with E-state index in [1.807, 2.05) is 0 Å². The smallest absolute Gasteiger partial charge is 0.140 e. The summed E-state index contributed by atoms with van der Waals surface area (Å²) in [5, 5.41) is 0. The van der Waals surface area contributed by atoms with Crippen LogP contribution in [0.15, 0.2) is 18.2 Å². The Labute approximate surface area is 125 Å². The highest BCUT2D eigenvalue weighted by Crippen LogP contribution is 2.33. The maximum Gasteiger partial charge on any atom is 0.140 e. The molecule has 1 aromatic rings. The molecule has 1 saturated carbocycles. The van der Waals surface area contributed by atoms with Crippen molar-refractivity contribution >= 4 is 5.78 Å². The first-order chi connectivity index (χ1) is 10.1.